The quantitative estimate of drug-likeness (QED) is 0.534. The fourth-order valence-corrected chi connectivity index (χ4v) is 3.31. The van der Waals surface area contributed by atoms with Crippen LogP contribution < -0.4 is 20.1 Å². The van der Waals surface area contributed by atoms with Crippen LogP contribution in [0.3, 0.4) is 0 Å². The normalized spacial score (nSPS) is 17.0. The number of aliphatic hydroxyl groups is 1. The summed E-state index contributed by atoms with van der Waals surface area (Å²) in [5.41, 5.74) is 0.905. The van der Waals surface area contributed by atoms with Gasteiger partial charge in [-0.25, -0.2) is 4.39 Å². The van der Waals surface area contributed by atoms with Gasteiger partial charge in [-0.15, -0.1) is 0 Å². The second kappa shape index (κ2) is 10.7. The Balaban J connectivity index is 1.39. The standard InChI is InChI=1S/C22H21Cl2FN2O5/c1-12(6-7-26-21(29)11-31-14-3-4-16(24)17(25)9-14)27-22(30)20-10-18(28)15-8-13(23)2-5-19(15)32-20/h2-5,8-9,18,20,28H,1,6-7,10-11H2,(H,26,29)(H,27,30)/t18-,20+/m1/s1. The Hall–Kier alpha value is -2.81. The maximum absolute atomic E-state index is 13.4. The highest BCUT2D eigenvalue weighted by Crippen LogP contribution is 2.36. The predicted octanol–water partition coefficient (Wildman–Crippen LogP) is 3.53. The van der Waals surface area contributed by atoms with Gasteiger partial charge in [-0.1, -0.05) is 29.8 Å². The van der Waals surface area contributed by atoms with Crippen LogP contribution in [0.15, 0.2) is 48.7 Å². The molecule has 0 saturated carbocycles. The molecule has 1 heterocycles. The Kier molecular flexibility index (Phi) is 7.95. The highest BCUT2D eigenvalue weighted by Gasteiger charge is 2.32. The summed E-state index contributed by atoms with van der Waals surface area (Å²) < 4.78 is 24.2. The number of benzene rings is 2. The highest BCUT2D eigenvalue weighted by molar-refractivity contribution is 6.31. The minimum Gasteiger partial charge on any atom is -0.484 e. The fraction of sp³-hybridized carbons (Fsp3) is 0.273. The molecular weight excluding hydrogens is 462 g/mol. The van der Waals surface area contributed by atoms with Crippen LogP contribution in [0, 0.1) is 5.82 Å². The van der Waals surface area contributed by atoms with E-state index in [1.807, 2.05) is 0 Å². The summed E-state index contributed by atoms with van der Waals surface area (Å²) in [6, 6.07) is 8.69. The van der Waals surface area contributed by atoms with E-state index in [1.165, 1.54) is 12.1 Å². The van der Waals surface area contributed by atoms with Crippen molar-refractivity contribution < 1.29 is 28.6 Å². The zero-order chi connectivity index (χ0) is 23.3. The molecule has 0 fully saturated rings. The second-order valence-electron chi connectivity index (χ2n) is 7.10. The van der Waals surface area contributed by atoms with Gasteiger partial charge in [-0.3, -0.25) is 9.59 Å². The van der Waals surface area contributed by atoms with Crippen LogP contribution in [0.25, 0.3) is 0 Å². The number of ether oxygens (including phenoxy) is 2. The lowest BCUT2D eigenvalue weighted by Gasteiger charge is -2.29. The lowest BCUT2D eigenvalue weighted by atomic mass is 9.98. The third-order valence-electron chi connectivity index (χ3n) is 4.64. The Morgan fingerprint density at radius 3 is 2.78 bits per heavy atom. The molecule has 0 aromatic heterocycles. The number of amides is 2. The van der Waals surface area contributed by atoms with Gasteiger partial charge >= 0.3 is 0 Å². The zero-order valence-electron chi connectivity index (χ0n) is 16.9. The molecular formula is C22H21Cl2FN2O5. The molecule has 2 atom stereocenters. The molecule has 2 aromatic rings. The summed E-state index contributed by atoms with van der Waals surface area (Å²) in [5, 5.41) is 15.9. The van der Waals surface area contributed by atoms with Crippen LogP contribution in [0.2, 0.25) is 10.0 Å². The van der Waals surface area contributed by atoms with E-state index in [0.717, 1.165) is 6.07 Å². The van der Waals surface area contributed by atoms with E-state index in [1.54, 1.807) is 18.2 Å². The van der Waals surface area contributed by atoms with E-state index in [0.29, 0.717) is 22.0 Å². The molecule has 3 rings (SSSR count). The summed E-state index contributed by atoms with van der Waals surface area (Å²) >= 11 is 11.5. The molecule has 0 unspecified atom stereocenters. The number of carbonyl (C=O) groups excluding carboxylic acids is 2. The Bertz CT molecular complexity index is 1030. The number of aliphatic hydroxyl groups excluding tert-OH is 1. The maximum atomic E-state index is 13.4. The number of halogens is 3. The van der Waals surface area contributed by atoms with E-state index in [4.69, 9.17) is 32.7 Å². The van der Waals surface area contributed by atoms with Crippen LogP contribution in [0.4, 0.5) is 4.39 Å². The van der Waals surface area contributed by atoms with Gasteiger partial charge in [0.05, 0.1) is 11.1 Å². The topological polar surface area (TPSA) is 96.9 Å². The van der Waals surface area contributed by atoms with Gasteiger partial charge in [-0.2, -0.15) is 0 Å². The van der Waals surface area contributed by atoms with Gasteiger partial charge in [0, 0.05) is 41.7 Å². The van der Waals surface area contributed by atoms with E-state index in [2.05, 4.69) is 17.2 Å². The molecule has 32 heavy (non-hydrogen) atoms. The van der Waals surface area contributed by atoms with Crippen LogP contribution in [0.5, 0.6) is 11.5 Å². The number of rotatable bonds is 8. The van der Waals surface area contributed by atoms with E-state index < -0.39 is 29.8 Å². The van der Waals surface area contributed by atoms with Crippen molar-refractivity contribution in [1.29, 1.82) is 0 Å². The van der Waals surface area contributed by atoms with Crippen molar-refractivity contribution in [2.45, 2.75) is 25.0 Å². The van der Waals surface area contributed by atoms with Crippen LogP contribution in [0.1, 0.15) is 24.5 Å². The van der Waals surface area contributed by atoms with Crippen molar-refractivity contribution in [1.82, 2.24) is 10.6 Å². The van der Waals surface area contributed by atoms with Gasteiger partial charge in [0.1, 0.15) is 17.3 Å². The van der Waals surface area contributed by atoms with E-state index in [-0.39, 0.29) is 36.8 Å². The minimum atomic E-state index is -0.891. The van der Waals surface area contributed by atoms with Crippen LogP contribution >= 0.6 is 23.2 Å². The van der Waals surface area contributed by atoms with Crippen molar-refractivity contribution in [3.63, 3.8) is 0 Å². The Morgan fingerprint density at radius 1 is 1.25 bits per heavy atom. The molecule has 0 aliphatic carbocycles. The van der Waals surface area contributed by atoms with Crippen molar-refractivity contribution in [2.24, 2.45) is 0 Å². The Morgan fingerprint density at radius 2 is 2.03 bits per heavy atom. The number of hydrogen-bond acceptors (Lipinski definition) is 5. The number of carbonyl (C=O) groups is 2. The molecule has 0 radical (unpaired) electrons. The molecule has 1 aliphatic heterocycles. The van der Waals surface area contributed by atoms with Crippen LogP contribution in [-0.4, -0.2) is 36.2 Å². The average molecular weight is 483 g/mol. The first-order valence-corrected chi connectivity index (χ1v) is 10.5. The van der Waals surface area contributed by atoms with Gasteiger partial charge in [0.2, 0.25) is 0 Å². The summed E-state index contributed by atoms with van der Waals surface area (Å²) in [7, 11) is 0. The summed E-state index contributed by atoms with van der Waals surface area (Å²) in [6.45, 7) is 3.66. The van der Waals surface area contributed by atoms with Crippen molar-refractivity contribution in [2.75, 3.05) is 13.2 Å². The van der Waals surface area contributed by atoms with Gasteiger partial charge in [0.15, 0.2) is 12.7 Å². The summed E-state index contributed by atoms with van der Waals surface area (Å²) in [4.78, 5) is 24.3. The minimum absolute atomic E-state index is 0.0379. The molecule has 170 valence electrons. The maximum Gasteiger partial charge on any atom is 0.265 e. The zero-order valence-corrected chi connectivity index (χ0v) is 18.4. The molecule has 2 aromatic carbocycles. The largest absolute Gasteiger partial charge is 0.484 e. The number of nitrogens with one attached hydrogen (secondary N) is 2. The van der Waals surface area contributed by atoms with Crippen molar-refractivity contribution >= 4 is 35.0 Å². The third-order valence-corrected chi connectivity index (χ3v) is 5.18. The summed E-state index contributed by atoms with van der Waals surface area (Å²) in [5.74, 6) is -0.940. The van der Waals surface area contributed by atoms with Crippen LogP contribution in [-0.2, 0) is 9.59 Å². The highest BCUT2D eigenvalue weighted by atomic mass is 35.5. The predicted molar refractivity (Wildman–Crippen MR) is 117 cm³/mol. The van der Waals surface area contributed by atoms with Gasteiger partial charge < -0.3 is 25.2 Å². The lowest BCUT2D eigenvalue weighted by molar-refractivity contribution is -0.129. The van der Waals surface area contributed by atoms with Gasteiger partial charge in [0.25, 0.3) is 11.8 Å². The van der Waals surface area contributed by atoms with Crippen molar-refractivity contribution in [3.05, 3.63) is 70.1 Å². The molecule has 7 nitrogen and oxygen atoms in total. The second-order valence-corrected chi connectivity index (χ2v) is 7.94. The first-order valence-electron chi connectivity index (χ1n) is 9.70. The monoisotopic (exact) mass is 482 g/mol. The molecule has 0 bridgehead atoms. The number of fused-ring (bicyclic) bond motifs is 1. The molecule has 2 amide bonds. The molecule has 0 spiro atoms. The SMILES string of the molecule is C=C(CCNC(=O)COc1ccc(Cl)c(F)c1)NC(=O)[C@@H]1C[C@@H](O)c2cc(Cl)ccc2O1. The molecule has 3 N–H and O–H groups in total. The molecule has 0 saturated heterocycles. The first kappa shape index (κ1) is 23.8. The van der Waals surface area contributed by atoms with Gasteiger partial charge in [-0.05, 0) is 30.3 Å². The van der Waals surface area contributed by atoms with Crippen molar-refractivity contribution in [3.8, 4) is 11.5 Å². The third kappa shape index (κ3) is 6.35. The van der Waals surface area contributed by atoms with E-state index in [9.17, 15) is 19.1 Å². The van der Waals surface area contributed by atoms with E-state index >= 15 is 0 Å². The average Bonchev–Trinajstić information content (AvgIpc) is 2.75. The smallest absolute Gasteiger partial charge is 0.265 e. The fourth-order valence-electron chi connectivity index (χ4n) is 3.02. The first-order chi connectivity index (χ1) is 15.2. The molecule has 1 aliphatic rings. The lowest BCUT2D eigenvalue weighted by Crippen LogP contribution is -2.41. The Labute approximate surface area is 194 Å². The summed E-state index contributed by atoms with van der Waals surface area (Å²) in [6.07, 6.45) is -1.42. The molecule has 10 heteroatoms. The number of hydrogen-bond donors (Lipinski definition) is 3.